The zero-order valence-corrected chi connectivity index (χ0v) is 14.0. The first-order chi connectivity index (χ1) is 9.67. The number of nitrogens with one attached hydrogen (secondary N) is 1. The molecule has 118 valence electrons. The van der Waals surface area contributed by atoms with E-state index >= 15 is 0 Å². The normalized spacial score (nSPS) is 28.2. The zero-order valence-electron chi connectivity index (χ0n) is 14.0. The first-order valence-corrected chi connectivity index (χ1v) is 9.13. The van der Waals surface area contributed by atoms with Crippen molar-refractivity contribution in [3.8, 4) is 0 Å². The van der Waals surface area contributed by atoms with Crippen LogP contribution in [0.4, 0.5) is 0 Å². The third-order valence-electron chi connectivity index (χ3n) is 4.95. The van der Waals surface area contributed by atoms with Gasteiger partial charge in [-0.2, -0.15) is 0 Å². The van der Waals surface area contributed by atoms with Gasteiger partial charge in [0.1, 0.15) is 0 Å². The smallest absolute Gasteiger partial charge is 0.0198 e. The van der Waals surface area contributed by atoms with Crippen LogP contribution in [0.1, 0.15) is 65.7 Å². The number of likely N-dealkylation sites (tertiary alicyclic amines) is 1. The highest BCUT2D eigenvalue weighted by Crippen LogP contribution is 2.32. The Morgan fingerprint density at radius 2 is 1.95 bits per heavy atom. The molecule has 2 unspecified atom stereocenters. The standard InChI is InChI=1S/C18H36N2/c1-4-5-6-17-11-18(19-10-9-15(2)3)14-20(13-17)12-16-7-8-16/h15-19H,4-14H2,1-3H3. The second kappa shape index (κ2) is 8.38. The highest BCUT2D eigenvalue weighted by Gasteiger charge is 2.30. The highest BCUT2D eigenvalue weighted by atomic mass is 15.2. The minimum absolute atomic E-state index is 0.753. The third kappa shape index (κ3) is 6.13. The summed E-state index contributed by atoms with van der Waals surface area (Å²) in [5.74, 6) is 2.81. The molecular formula is C18H36N2. The first kappa shape index (κ1) is 16.3. The van der Waals surface area contributed by atoms with Crippen molar-refractivity contribution in [1.82, 2.24) is 10.2 Å². The van der Waals surface area contributed by atoms with Crippen molar-refractivity contribution >= 4 is 0 Å². The monoisotopic (exact) mass is 280 g/mol. The van der Waals surface area contributed by atoms with Gasteiger partial charge < -0.3 is 10.2 Å². The number of unbranched alkanes of at least 4 members (excludes halogenated alkanes) is 1. The number of hydrogen-bond donors (Lipinski definition) is 1. The molecule has 0 amide bonds. The molecule has 1 aliphatic carbocycles. The molecule has 1 aliphatic heterocycles. The molecule has 0 spiro atoms. The summed E-state index contributed by atoms with van der Waals surface area (Å²) in [4.78, 5) is 2.77. The molecule has 0 aromatic rings. The molecule has 2 fully saturated rings. The molecule has 0 aromatic carbocycles. The van der Waals surface area contributed by atoms with Crippen LogP contribution < -0.4 is 5.32 Å². The molecule has 2 aliphatic rings. The number of hydrogen-bond acceptors (Lipinski definition) is 2. The van der Waals surface area contributed by atoms with Crippen LogP contribution in [0.15, 0.2) is 0 Å². The second-order valence-electron chi connectivity index (χ2n) is 7.74. The average Bonchev–Trinajstić information content (AvgIpc) is 3.19. The Bertz CT molecular complexity index is 260. The molecule has 2 heteroatoms. The number of piperidine rings is 1. The average molecular weight is 280 g/mol. The number of rotatable bonds is 9. The first-order valence-electron chi connectivity index (χ1n) is 9.13. The number of nitrogens with zero attached hydrogens (tertiary/aromatic N) is 1. The molecule has 2 rings (SSSR count). The van der Waals surface area contributed by atoms with Crippen LogP contribution in [-0.4, -0.2) is 37.1 Å². The fourth-order valence-electron chi connectivity index (χ4n) is 3.54. The molecule has 1 saturated heterocycles. The fourth-order valence-corrected chi connectivity index (χ4v) is 3.54. The van der Waals surface area contributed by atoms with Gasteiger partial charge in [0.15, 0.2) is 0 Å². The van der Waals surface area contributed by atoms with E-state index in [1.165, 1.54) is 71.1 Å². The van der Waals surface area contributed by atoms with Gasteiger partial charge >= 0.3 is 0 Å². The molecule has 2 nitrogen and oxygen atoms in total. The van der Waals surface area contributed by atoms with E-state index in [-0.39, 0.29) is 0 Å². The van der Waals surface area contributed by atoms with Crippen LogP contribution >= 0.6 is 0 Å². The van der Waals surface area contributed by atoms with Gasteiger partial charge in [0.2, 0.25) is 0 Å². The van der Waals surface area contributed by atoms with Gasteiger partial charge in [-0.1, -0.05) is 33.6 Å². The predicted octanol–water partition coefficient (Wildman–Crippen LogP) is 3.91. The Hall–Kier alpha value is -0.0800. The van der Waals surface area contributed by atoms with Crippen LogP contribution in [0.3, 0.4) is 0 Å². The van der Waals surface area contributed by atoms with Crippen molar-refractivity contribution in [2.75, 3.05) is 26.2 Å². The summed E-state index contributed by atoms with van der Waals surface area (Å²) in [7, 11) is 0. The van der Waals surface area contributed by atoms with Gasteiger partial charge in [0, 0.05) is 25.7 Å². The van der Waals surface area contributed by atoms with Crippen LogP contribution in [0.5, 0.6) is 0 Å². The van der Waals surface area contributed by atoms with Crippen molar-refractivity contribution in [3.05, 3.63) is 0 Å². The molecule has 1 N–H and O–H groups in total. The Labute approximate surface area is 126 Å². The van der Waals surface area contributed by atoms with Gasteiger partial charge in [-0.05, 0) is 56.4 Å². The molecule has 1 heterocycles. The van der Waals surface area contributed by atoms with Crippen LogP contribution in [0.2, 0.25) is 0 Å². The van der Waals surface area contributed by atoms with E-state index < -0.39 is 0 Å². The van der Waals surface area contributed by atoms with Gasteiger partial charge in [-0.3, -0.25) is 0 Å². The molecule has 1 saturated carbocycles. The summed E-state index contributed by atoms with van der Waals surface area (Å²) < 4.78 is 0. The summed E-state index contributed by atoms with van der Waals surface area (Å²) in [6.07, 6.45) is 9.92. The van der Waals surface area contributed by atoms with E-state index in [1.54, 1.807) is 0 Å². The van der Waals surface area contributed by atoms with Crippen molar-refractivity contribution < 1.29 is 0 Å². The van der Waals surface area contributed by atoms with Crippen molar-refractivity contribution in [1.29, 1.82) is 0 Å². The summed E-state index contributed by atoms with van der Waals surface area (Å²) in [6, 6.07) is 0.753. The second-order valence-corrected chi connectivity index (χ2v) is 7.74. The van der Waals surface area contributed by atoms with E-state index in [2.05, 4.69) is 31.0 Å². The lowest BCUT2D eigenvalue weighted by Gasteiger charge is -2.38. The van der Waals surface area contributed by atoms with E-state index in [9.17, 15) is 0 Å². The summed E-state index contributed by atoms with van der Waals surface area (Å²) >= 11 is 0. The van der Waals surface area contributed by atoms with Crippen LogP contribution in [0, 0.1) is 17.8 Å². The summed E-state index contributed by atoms with van der Waals surface area (Å²) in [6.45, 7) is 12.2. The van der Waals surface area contributed by atoms with Gasteiger partial charge in [-0.25, -0.2) is 0 Å². The largest absolute Gasteiger partial charge is 0.313 e. The molecular weight excluding hydrogens is 244 g/mol. The zero-order chi connectivity index (χ0) is 14.4. The van der Waals surface area contributed by atoms with Crippen LogP contribution in [-0.2, 0) is 0 Å². The Morgan fingerprint density at radius 1 is 1.15 bits per heavy atom. The quantitative estimate of drug-likeness (QED) is 0.689. The summed E-state index contributed by atoms with van der Waals surface area (Å²) in [5, 5.41) is 3.84. The third-order valence-corrected chi connectivity index (χ3v) is 4.95. The molecule has 0 radical (unpaired) electrons. The van der Waals surface area contributed by atoms with Crippen molar-refractivity contribution in [2.24, 2.45) is 17.8 Å². The van der Waals surface area contributed by atoms with E-state index in [0.717, 1.165) is 23.8 Å². The molecule has 0 aromatic heterocycles. The Kier molecular flexibility index (Phi) is 6.83. The van der Waals surface area contributed by atoms with Crippen molar-refractivity contribution in [2.45, 2.75) is 71.8 Å². The maximum Gasteiger partial charge on any atom is 0.0198 e. The molecule has 0 bridgehead atoms. The maximum atomic E-state index is 3.84. The predicted molar refractivity (Wildman–Crippen MR) is 88.0 cm³/mol. The lowest BCUT2D eigenvalue weighted by Crippen LogP contribution is -2.50. The van der Waals surface area contributed by atoms with Crippen molar-refractivity contribution in [3.63, 3.8) is 0 Å². The Balaban J connectivity index is 1.75. The van der Waals surface area contributed by atoms with E-state index in [0.29, 0.717) is 0 Å². The van der Waals surface area contributed by atoms with Crippen LogP contribution in [0.25, 0.3) is 0 Å². The highest BCUT2D eigenvalue weighted by molar-refractivity contribution is 4.87. The molecule has 2 atom stereocenters. The van der Waals surface area contributed by atoms with Gasteiger partial charge in [0.05, 0.1) is 0 Å². The van der Waals surface area contributed by atoms with Gasteiger partial charge in [0.25, 0.3) is 0 Å². The molecule has 20 heavy (non-hydrogen) atoms. The fraction of sp³-hybridized carbons (Fsp3) is 1.00. The van der Waals surface area contributed by atoms with E-state index in [4.69, 9.17) is 0 Å². The van der Waals surface area contributed by atoms with Gasteiger partial charge in [-0.15, -0.1) is 0 Å². The lowest BCUT2D eigenvalue weighted by atomic mass is 9.89. The summed E-state index contributed by atoms with van der Waals surface area (Å²) in [5.41, 5.74) is 0. The van der Waals surface area contributed by atoms with E-state index in [1.807, 2.05) is 0 Å². The SMILES string of the molecule is CCCCC1CC(NCCC(C)C)CN(CC2CC2)C1. The minimum atomic E-state index is 0.753. The lowest BCUT2D eigenvalue weighted by molar-refractivity contribution is 0.129. The maximum absolute atomic E-state index is 3.84. The minimum Gasteiger partial charge on any atom is -0.313 e. The topological polar surface area (TPSA) is 15.3 Å². The Morgan fingerprint density at radius 3 is 2.60 bits per heavy atom.